The van der Waals surface area contributed by atoms with E-state index in [-0.39, 0.29) is 12.0 Å². The minimum Gasteiger partial charge on any atom is -0.465 e. The van der Waals surface area contributed by atoms with Crippen molar-refractivity contribution in [3.63, 3.8) is 0 Å². The summed E-state index contributed by atoms with van der Waals surface area (Å²) < 4.78 is 4.93. The minimum absolute atomic E-state index is 0.219. The number of benzene rings is 2. The molecule has 1 aliphatic heterocycles. The van der Waals surface area contributed by atoms with E-state index in [1.54, 1.807) is 0 Å². The molecule has 5 unspecified atom stereocenters. The molecule has 1 heterocycles. The minimum atomic E-state index is -0.274. The second kappa shape index (κ2) is 6.42. The van der Waals surface area contributed by atoms with Crippen LogP contribution in [-0.2, 0) is 4.74 Å². The van der Waals surface area contributed by atoms with Crippen LogP contribution in [0, 0.1) is 17.8 Å². The van der Waals surface area contributed by atoms with Crippen LogP contribution < -0.4 is 5.32 Å². The first-order chi connectivity index (χ1) is 13.1. The van der Waals surface area contributed by atoms with E-state index in [0.717, 1.165) is 5.69 Å². The Balaban J connectivity index is 1.61. The largest absolute Gasteiger partial charge is 0.465 e. The summed E-state index contributed by atoms with van der Waals surface area (Å²) in [5, 5.41) is 4.93. The van der Waals surface area contributed by atoms with Gasteiger partial charge in [0.25, 0.3) is 0 Å². The van der Waals surface area contributed by atoms with Crippen molar-refractivity contribution >= 4 is 34.9 Å². The van der Waals surface area contributed by atoms with Gasteiger partial charge in [0.1, 0.15) is 0 Å². The van der Waals surface area contributed by atoms with E-state index < -0.39 is 0 Å². The summed E-state index contributed by atoms with van der Waals surface area (Å²) in [6.07, 6.45) is 3.84. The lowest BCUT2D eigenvalue weighted by molar-refractivity contribution is 0.0600. The van der Waals surface area contributed by atoms with E-state index in [1.807, 2.05) is 30.3 Å². The molecule has 1 N–H and O–H groups in total. The number of halogens is 2. The lowest BCUT2D eigenvalue weighted by Crippen LogP contribution is -2.35. The van der Waals surface area contributed by atoms with E-state index in [0.29, 0.717) is 39.3 Å². The highest BCUT2D eigenvalue weighted by Crippen LogP contribution is 2.63. The quantitative estimate of drug-likeness (QED) is 0.619. The van der Waals surface area contributed by atoms with Gasteiger partial charge in [-0.05, 0) is 84.4 Å². The van der Waals surface area contributed by atoms with Crippen molar-refractivity contribution in [3.8, 4) is 0 Å². The Morgan fingerprint density at radius 1 is 1.07 bits per heavy atom. The maximum absolute atomic E-state index is 12.0. The average molecular weight is 402 g/mol. The normalized spacial score (nSPS) is 30.4. The second-order valence-electron chi connectivity index (χ2n) is 8.03. The van der Waals surface area contributed by atoms with Crippen LogP contribution in [0.1, 0.15) is 52.7 Å². The maximum Gasteiger partial charge on any atom is 0.337 e. The molecule has 0 radical (unpaired) electrons. The number of rotatable bonds is 2. The van der Waals surface area contributed by atoms with Gasteiger partial charge in [-0.2, -0.15) is 0 Å². The smallest absolute Gasteiger partial charge is 0.337 e. The predicted molar refractivity (Wildman–Crippen MR) is 108 cm³/mol. The van der Waals surface area contributed by atoms with Crippen LogP contribution in [0.25, 0.3) is 0 Å². The first-order valence-electron chi connectivity index (χ1n) is 9.50. The number of esters is 1. The van der Waals surface area contributed by atoms with E-state index in [4.69, 9.17) is 27.9 Å². The molecular weight excluding hydrogens is 381 g/mol. The molecule has 27 heavy (non-hydrogen) atoms. The molecule has 0 amide bonds. The van der Waals surface area contributed by atoms with E-state index >= 15 is 0 Å². The number of carbonyl (C=O) groups is 1. The standard InChI is InChI=1S/C22H21Cl2NO2/c1-27-22(26)14-5-7-18-15(9-14)19-11-2-3-12(8-11)20(19)21(25-18)13-4-6-16(23)17(24)10-13/h4-7,9-12,19-21,25H,2-3,8H2,1H3. The molecule has 3 aliphatic rings. The van der Waals surface area contributed by atoms with Crippen molar-refractivity contribution in [2.24, 2.45) is 17.8 Å². The highest BCUT2D eigenvalue weighted by molar-refractivity contribution is 6.42. The third-order valence-electron chi connectivity index (χ3n) is 6.81. The number of ether oxygens (including phenoxy) is 1. The van der Waals surface area contributed by atoms with Crippen molar-refractivity contribution < 1.29 is 9.53 Å². The first kappa shape index (κ1) is 17.4. The van der Waals surface area contributed by atoms with Crippen molar-refractivity contribution in [3.05, 3.63) is 63.1 Å². The summed E-state index contributed by atoms with van der Waals surface area (Å²) >= 11 is 12.5. The number of methoxy groups -OCH3 is 1. The summed E-state index contributed by atoms with van der Waals surface area (Å²) in [5.74, 6) is 2.12. The lowest BCUT2D eigenvalue weighted by Gasteiger charge is -2.43. The number of nitrogens with one attached hydrogen (secondary N) is 1. The third kappa shape index (κ3) is 2.67. The summed E-state index contributed by atoms with van der Waals surface area (Å²) in [5.41, 5.74) is 4.21. The highest BCUT2D eigenvalue weighted by Gasteiger charge is 2.53. The van der Waals surface area contributed by atoms with Gasteiger partial charge in [-0.1, -0.05) is 29.3 Å². The van der Waals surface area contributed by atoms with Crippen molar-refractivity contribution in [2.45, 2.75) is 31.2 Å². The Hall–Kier alpha value is -1.71. The summed E-state index contributed by atoms with van der Waals surface area (Å²) in [7, 11) is 1.43. The van der Waals surface area contributed by atoms with E-state index in [9.17, 15) is 4.79 Å². The van der Waals surface area contributed by atoms with Gasteiger partial charge in [-0.15, -0.1) is 0 Å². The fraction of sp³-hybridized carbons (Fsp3) is 0.409. The van der Waals surface area contributed by atoms with Crippen molar-refractivity contribution in [1.82, 2.24) is 0 Å². The first-order valence-corrected chi connectivity index (χ1v) is 10.3. The van der Waals surface area contributed by atoms with Crippen LogP contribution in [0.5, 0.6) is 0 Å². The van der Waals surface area contributed by atoms with Crippen molar-refractivity contribution in [2.75, 3.05) is 12.4 Å². The molecule has 5 atom stereocenters. The maximum atomic E-state index is 12.0. The van der Waals surface area contributed by atoms with Gasteiger partial charge in [-0.3, -0.25) is 0 Å². The van der Waals surface area contributed by atoms with Gasteiger partial charge >= 0.3 is 5.97 Å². The molecule has 2 aliphatic carbocycles. The van der Waals surface area contributed by atoms with Crippen LogP contribution in [0.15, 0.2) is 36.4 Å². The van der Waals surface area contributed by atoms with Gasteiger partial charge < -0.3 is 10.1 Å². The molecule has 2 fully saturated rings. The van der Waals surface area contributed by atoms with Crippen LogP contribution in [0.3, 0.4) is 0 Å². The molecule has 0 saturated heterocycles. The van der Waals surface area contributed by atoms with Gasteiger partial charge in [0, 0.05) is 5.69 Å². The van der Waals surface area contributed by atoms with Gasteiger partial charge in [-0.25, -0.2) is 4.79 Å². The Labute approximate surface area is 169 Å². The molecule has 0 aromatic heterocycles. The van der Waals surface area contributed by atoms with Crippen LogP contribution in [0.2, 0.25) is 10.0 Å². The zero-order valence-corrected chi connectivity index (χ0v) is 16.6. The number of hydrogen-bond acceptors (Lipinski definition) is 3. The molecule has 2 saturated carbocycles. The Kier molecular flexibility index (Phi) is 4.14. The Morgan fingerprint density at radius 3 is 2.67 bits per heavy atom. The molecular formula is C22H21Cl2NO2. The predicted octanol–water partition coefficient (Wildman–Crippen LogP) is 6.08. The van der Waals surface area contributed by atoms with Crippen LogP contribution in [0.4, 0.5) is 5.69 Å². The number of hydrogen-bond donors (Lipinski definition) is 1. The van der Waals surface area contributed by atoms with E-state index in [2.05, 4.69) is 11.4 Å². The van der Waals surface area contributed by atoms with Crippen LogP contribution in [-0.4, -0.2) is 13.1 Å². The monoisotopic (exact) mass is 401 g/mol. The lowest BCUT2D eigenvalue weighted by atomic mass is 9.68. The van der Waals surface area contributed by atoms with Gasteiger partial charge in [0.15, 0.2) is 0 Å². The number of anilines is 1. The third-order valence-corrected chi connectivity index (χ3v) is 7.55. The fourth-order valence-electron chi connectivity index (χ4n) is 5.77. The molecule has 2 aromatic carbocycles. The summed E-state index contributed by atoms with van der Waals surface area (Å²) in [4.78, 5) is 12.0. The Morgan fingerprint density at radius 2 is 1.89 bits per heavy atom. The topological polar surface area (TPSA) is 38.3 Å². The molecule has 2 bridgehead atoms. The van der Waals surface area contributed by atoms with Gasteiger partial charge in [0.2, 0.25) is 0 Å². The molecule has 0 spiro atoms. The SMILES string of the molecule is COC(=O)c1ccc2c(c1)C1C3CCC(C3)C1C(c1ccc(Cl)c(Cl)c1)N2. The summed E-state index contributed by atoms with van der Waals surface area (Å²) in [6.45, 7) is 0. The summed E-state index contributed by atoms with van der Waals surface area (Å²) in [6, 6.07) is 12.1. The number of fused-ring (bicyclic) bond motifs is 7. The second-order valence-corrected chi connectivity index (χ2v) is 8.84. The Bertz CT molecular complexity index is 929. The molecule has 140 valence electrons. The molecule has 2 aromatic rings. The zero-order chi connectivity index (χ0) is 18.7. The molecule has 5 rings (SSSR count). The zero-order valence-electron chi connectivity index (χ0n) is 15.0. The molecule has 5 heteroatoms. The van der Waals surface area contributed by atoms with E-state index in [1.165, 1.54) is 37.5 Å². The fourth-order valence-corrected chi connectivity index (χ4v) is 6.07. The van der Waals surface area contributed by atoms with Crippen LogP contribution >= 0.6 is 23.2 Å². The average Bonchev–Trinajstić information content (AvgIpc) is 3.31. The molecule has 3 nitrogen and oxygen atoms in total. The highest BCUT2D eigenvalue weighted by atomic mass is 35.5. The van der Waals surface area contributed by atoms with Gasteiger partial charge in [0.05, 0.1) is 28.8 Å². The van der Waals surface area contributed by atoms with Crippen molar-refractivity contribution in [1.29, 1.82) is 0 Å². The number of carbonyl (C=O) groups excluding carboxylic acids is 1.